The molecule has 0 heterocycles. The van der Waals surface area contributed by atoms with Crippen LogP contribution in [-0.4, -0.2) is 18.1 Å². The Morgan fingerprint density at radius 3 is 2.43 bits per heavy atom. The zero-order chi connectivity index (χ0) is 19.1. The Hall–Kier alpha value is -3.63. The van der Waals surface area contributed by atoms with Gasteiger partial charge in [0.15, 0.2) is 0 Å². The zero-order valence-electron chi connectivity index (χ0n) is 15.5. The Labute approximate surface area is 163 Å². The quantitative estimate of drug-likeness (QED) is 0.304. The van der Waals surface area contributed by atoms with E-state index in [1.807, 2.05) is 36.4 Å². The van der Waals surface area contributed by atoms with E-state index in [1.54, 1.807) is 12.2 Å². The number of hydroxylamine groups is 2. The summed E-state index contributed by atoms with van der Waals surface area (Å²) < 4.78 is 0. The summed E-state index contributed by atoms with van der Waals surface area (Å²) in [7, 11) is 1.61. The van der Waals surface area contributed by atoms with Gasteiger partial charge in [-0.05, 0) is 33.9 Å². The summed E-state index contributed by atoms with van der Waals surface area (Å²) >= 11 is 0. The number of aliphatic imine (C=N–C) groups is 1. The molecule has 0 amide bonds. The van der Waals surface area contributed by atoms with Gasteiger partial charge in [0.25, 0.3) is 0 Å². The van der Waals surface area contributed by atoms with Crippen LogP contribution in [0.15, 0.2) is 83.9 Å². The highest BCUT2D eigenvalue weighted by Crippen LogP contribution is 2.38. The lowest BCUT2D eigenvalue weighted by atomic mass is 10.0. The number of rotatable bonds is 3. The molecule has 0 atom stereocenters. The minimum absolute atomic E-state index is 0.287. The minimum Gasteiger partial charge on any atom is -0.367 e. The van der Waals surface area contributed by atoms with Gasteiger partial charge in [0, 0.05) is 10.9 Å². The van der Waals surface area contributed by atoms with Crippen molar-refractivity contribution in [1.82, 2.24) is 5.06 Å². The van der Waals surface area contributed by atoms with E-state index >= 15 is 0 Å². The second-order valence-electron chi connectivity index (χ2n) is 6.73. The fourth-order valence-corrected chi connectivity index (χ4v) is 3.89. The molecule has 136 valence electrons. The molecular weight excluding hydrogens is 346 g/mol. The fraction of sp³-hybridized carbons (Fsp3) is 0.0417. The van der Waals surface area contributed by atoms with E-state index in [2.05, 4.69) is 53.5 Å². The first-order chi connectivity index (χ1) is 13.8. The molecular formula is C24H19N3O. The summed E-state index contributed by atoms with van der Waals surface area (Å²) in [4.78, 5) is 10.3. The molecule has 4 nitrogen and oxygen atoms in total. The van der Waals surface area contributed by atoms with Crippen LogP contribution in [0.2, 0.25) is 0 Å². The largest absolute Gasteiger partial charge is 0.367 e. The van der Waals surface area contributed by atoms with E-state index < -0.39 is 0 Å². The lowest BCUT2D eigenvalue weighted by Gasteiger charge is -2.22. The van der Waals surface area contributed by atoms with Gasteiger partial charge in [0.05, 0.1) is 18.5 Å². The number of guanidine groups is 1. The van der Waals surface area contributed by atoms with Crippen LogP contribution < -0.4 is 5.73 Å². The number of benzene rings is 4. The highest BCUT2D eigenvalue weighted by atomic mass is 16.7. The monoisotopic (exact) mass is 365 g/mol. The third-order valence-electron chi connectivity index (χ3n) is 5.12. The third-order valence-corrected chi connectivity index (χ3v) is 5.12. The first-order valence-corrected chi connectivity index (χ1v) is 9.16. The van der Waals surface area contributed by atoms with Crippen molar-refractivity contribution in [3.05, 3.63) is 90.0 Å². The molecule has 4 aromatic rings. The molecule has 0 saturated heterocycles. The Bertz CT molecular complexity index is 1260. The van der Waals surface area contributed by atoms with Crippen molar-refractivity contribution in [2.24, 2.45) is 10.7 Å². The molecule has 4 heteroatoms. The third kappa shape index (κ3) is 2.54. The first kappa shape index (κ1) is 16.5. The van der Waals surface area contributed by atoms with Gasteiger partial charge in [-0.1, -0.05) is 72.8 Å². The average molecular weight is 365 g/mol. The fourth-order valence-electron chi connectivity index (χ4n) is 3.89. The molecule has 0 unspecified atom stereocenters. The van der Waals surface area contributed by atoms with E-state index in [9.17, 15) is 0 Å². The number of nitrogens with zero attached hydrogens (tertiary/aromatic N) is 2. The molecule has 1 aliphatic carbocycles. The summed E-state index contributed by atoms with van der Waals surface area (Å²) in [6.45, 7) is 0. The van der Waals surface area contributed by atoms with Gasteiger partial charge in [-0.2, -0.15) is 5.06 Å². The van der Waals surface area contributed by atoms with Gasteiger partial charge >= 0.3 is 0 Å². The first-order valence-electron chi connectivity index (χ1n) is 9.16. The van der Waals surface area contributed by atoms with Crippen LogP contribution in [0, 0.1) is 0 Å². The van der Waals surface area contributed by atoms with Crippen LogP contribution in [0.3, 0.4) is 0 Å². The molecule has 5 rings (SSSR count). The normalized spacial score (nSPS) is 13.2. The van der Waals surface area contributed by atoms with Gasteiger partial charge in [-0.15, -0.1) is 0 Å². The average Bonchev–Trinajstić information content (AvgIpc) is 3.10. The molecule has 2 N–H and O–H groups in total. The standard InChI is InChI=1S/C24H19N3O/c1-28-27(22-15-18-11-4-9-17-10-5-13-20(22)23(17)18)24(25)26-21-14-6-8-16-7-2-3-12-19(16)21/h2-15H,1H3,(H2,25,26). The van der Waals surface area contributed by atoms with Gasteiger partial charge in [0.2, 0.25) is 5.96 Å². The SMILES string of the molecule is CON(C1=Cc2cccc3cccc1c23)C(N)=Nc1cccc2ccccc12. The van der Waals surface area contributed by atoms with Crippen LogP contribution >= 0.6 is 0 Å². The zero-order valence-corrected chi connectivity index (χ0v) is 15.5. The van der Waals surface area contributed by atoms with Crippen molar-refractivity contribution in [2.75, 3.05) is 7.11 Å². The molecule has 0 radical (unpaired) electrons. The lowest BCUT2D eigenvalue weighted by Crippen LogP contribution is -2.34. The van der Waals surface area contributed by atoms with Crippen molar-refractivity contribution >= 4 is 45.0 Å². The number of hydrogen-bond acceptors (Lipinski definition) is 2. The molecule has 0 spiro atoms. The maximum Gasteiger partial charge on any atom is 0.225 e. The predicted molar refractivity (Wildman–Crippen MR) is 116 cm³/mol. The maximum absolute atomic E-state index is 6.40. The summed E-state index contributed by atoms with van der Waals surface area (Å²) in [5.41, 5.74) is 10.3. The summed E-state index contributed by atoms with van der Waals surface area (Å²) in [5, 5.41) is 6.17. The second-order valence-corrected chi connectivity index (χ2v) is 6.73. The molecule has 0 bridgehead atoms. The topological polar surface area (TPSA) is 50.9 Å². The van der Waals surface area contributed by atoms with Crippen molar-refractivity contribution in [2.45, 2.75) is 0 Å². The van der Waals surface area contributed by atoms with Crippen LogP contribution in [0.1, 0.15) is 11.1 Å². The van der Waals surface area contributed by atoms with Gasteiger partial charge in [-0.3, -0.25) is 4.84 Å². The Kier molecular flexibility index (Phi) is 3.85. The smallest absolute Gasteiger partial charge is 0.225 e. The Morgan fingerprint density at radius 2 is 1.57 bits per heavy atom. The molecule has 4 aromatic carbocycles. The van der Waals surface area contributed by atoms with E-state index in [1.165, 1.54) is 10.8 Å². The van der Waals surface area contributed by atoms with Crippen LogP contribution in [-0.2, 0) is 4.84 Å². The van der Waals surface area contributed by atoms with Crippen molar-refractivity contribution in [3.8, 4) is 0 Å². The Morgan fingerprint density at radius 1 is 0.857 bits per heavy atom. The van der Waals surface area contributed by atoms with Gasteiger partial charge in [-0.25, -0.2) is 4.99 Å². The lowest BCUT2D eigenvalue weighted by molar-refractivity contribution is -0.0104. The highest BCUT2D eigenvalue weighted by Gasteiger charge is 2.23. The predicted octanol–water partition coefficient (Wildman–Crippen LogP) is 5.31. The number of nitrogens with two attached hydrogens (primary N) is 1. The van der Waals surface area contributed by atoms with E-state index in [0.717, 1.165) is 33.3 Å². The molecule has 0 aliphatic heterocycles. The van der Waals surface area contributed by atoms with E-state index in [-0.39, 0.29) is 5.96 Å². The molecule has 0 saturated carbocycles. The van der Waals surface area contributed by atoms with Crippen LogP contribution in [0.4, 0.5) is 5.69 Å². The highest BCUT2D eigenvalue weighted by molar-refractivity contribution is 6.11. The van der Waals surface area contributed by atoms with Crippen LogP contribution in [0.25, 0.3) is 33.3 Å². The molecule has 0 aromatic heterocycles. The van der Waals surface area contributed by atoms with Crippen molar-refractivity contribution in [3.63, 3.8) is 0 Å². The molecule has 28 heavy (non-hydrogen) atoms. The summed E-state index contributed by atoms with van der Waals surface area (Å²) in [6.07, 6.45) is 2.09. The summed E-state index contributed by atoms with van der Waals surface area (Å²) in [6, 6.07) is 26.7. The second kappa shape index (κ2) is 6.51. The van der Waals surface area contributed by atoms with Gasteiger partial charge in [0.1, 0.15) is 0 Å². The van der Waals surface area contributed by atoms with E-state index in [4.69, 9.17) is 10.6 Å². The number of fused-ring (bicyclic) bond motifs is 1. The maximum atomic E-state index is 6.40. The van der Waals surface area contributed by atoms with E-state index in [0.29, 0.717) is 0 Å². The Balaban J connectivity index is 1.60. The summed E-state index contributed by atoms with van der Waals surface area (Å²) in [5.74, 6) is 0.287. The molecule has 0 fully saturated rings. The van der Waals surface area contributed by atoms with Crippen molar-refractivity contribution in [1.29, 1.82) is 0 Å². The van der Waals surface area contributed by atoms with Crippen molar-refractivity contribution < 1.29 is 4.84 Å². The molecule has 1 aliphatic rings. The van der Waals surface area contributed by atoms with Gasteiger partial charge < -0.3 is 5.73 Å². The number of hydrogen-bond donors (Lipinski definition) is 1. The van der Waals surface area contributed by atoms with Crippen LogP contribution in [0.5, 0.6) is 0 Å². The minimum atomic E-state index is 0.287.